The van der Waals surface area contributed by atoms with Crippen molar-refractivity contribution in [2.24, 2.45) is 0 Å². The zero-order chi connectivity index (χ0) is 22.8. The lowest BCUT2D eigenvalue weighted by Crippen LogP contribution is -2.35. The average Bonchev–Trinajstić information content (AvgIpc) is 3.33. The molecule has 0 saturated heterocycles. The summed E-state index contributed by atoms with van der Waals surface area (Å²) in [6.45, 7) is 2.25. The van der Waals surface area contributed by atoms with E-state index in [1.807, 2.05) is 30.3 Å². The summed E-state index contributed by atoms with van der Waals surface area (Å²) in [6.07, 6.45) is 4.17. The van der Waals surface area contributed by atoms with Crippen LogP contribution in [-0.2, 0) is 19.5 Å². The van der Waals surface area contributed by atoms with Gasteiger partial charge in [0.25, 0.3) is 5.56 Å². The predicted molar refractivity (Wildman–Crippen MR) is 129 cm³/mol. The van der Waals surface area contributed by atoms with Crippen molar-refractivity contribution in [2.45, 2.75) is 19.5 Å². The molecule has 1 aliphatic rings. The van der Waals surface area contributed by atoms with Crippen LogP contribution >= 0.6 is 11.3 Å². The molecule has 7 nitrogen and oxygen atoms in total. The molecule has 0 radical (unpaired) electrons. The third-order valence-corrected chi connectivity index (χ3v) is 6.91. The Morgan fingerprint density at radius 2 is 1.97 bits per heavy atom. The summed E-state index contributed by atoms with van der Waals surface area (Å²) in [5, 5.41) is 0. The summed E-state index contributed by atoms with van der Waals surface area (Å²) in [5.74, 6) is 2.02. The van der Waals surface area contributed by atoms with Crippen LogP contribution in [0.3, 0.4) is 0 Å². The number of aromatic amines is 1. The Hall–Kier alpha value is -3.49. The number of thiophene rings is 1. The summed E-state index contributed by atoms with van der Waals surface area (Å²) in [6, 6.07) is 14.0. The second-order valence-corrected chi connectivity index (χ2v) is 9.05. The fourth-order valence-electron chi connectivity index (χ4n) is 4.08. The third kappa shape index (κ3) is 4.40. The Morgan fingerprint density at radius 3 is 2.76 bits per heavy atom. The molecule has 5 rings (SSSR count). The summed E-state index contributed by atoms with van der Waals surface area (Å²) in [4.78, 5) is 29.3. The Kier molecular flexibility index (Phi) is 5.93. The second kappa shape index (κ2) is 9.17. The van der Waals surface area contributed by atoms with Crippen LogP contribution in [0.4, 0.5) is 0 Å². The van der Waals surface area contributed by atoms with Crippen molar-refractivity contribution in [3.63, 3.8) is 0 Å². The predicted octanol–water partition coefficient (Wildman–Crippen LogP) is 4.14. The largest absolute Gasteiger partial charge is 0.493 e. The standard InChI is InChI=1S/C25H24N4O3S/c1-31-21-7-5-16(12-22(21)32-2)23-8-6-18(33-23)14-29-11-9-20-19(15-29)25(30)28-24(27-20)17-4-3-10-26-13-17/h3-8,10,12-13H,9,11,14-15H2,1-2H3,(H,27,28,30). The zero-order valence-electron chi connectivity index (χ0n) is 18.5. The number of nitrogens with one attached hydrogen (secondary N) is 1. The van der Waals surface area contributed by atoms with E-state index in [1.165, 1.54) is 9.75 Å². The van der Waals surface area contributed by atoms with Gasteiger partial charge in [0.05, 0.1) is 25.5 Å². The Labute approximate surface area is 195 Å². The molecule has 0 amide bonds. The molecule has 0 spiro atoms. The van der Waals surface area contributed by atoms with Crippen molar-refractivity contribution in [1.29, 1.82) is 0 Å². The van der Waals surface area contributed by atoms with Crippen LogP contribution in [-0.4, -0.2) is 40.6 Å². The highest BCUT2D eigenvalue weighted by Crippen LogP contribution is 2.35. The molecule has 168 valence electrons. The highest BCUT2D eigenvalue weighted by Gasteiger charge is 2.22. The maximum Gasteiger partial charge on any atom is 0.255 e. The number of aromatic nitrogens is 3. The molecule has 1 aliphatic heterocycles. The normalized spacial score (nSPS) is 13.5. The van der Waals surface area contributed by atoms with Crippen molar-refractivity contribution in [3.05, 3.63) is 81.3 Å². The number of fused-ring (bicyclic) bond motifs is 1. The number of pyridine rings is 1. The van der Waals surface area contributed by atoms with Gasteiger partial charge in [0.2, 0.25) is 0 Å². The summed E-state index contributed by atoms with van der Waals surface area (Å²) >= 11 is 1.75. The number of H-pyrrole nitrogens is 1. The minimum absolute atomic E-state index is 0.0688. The highest BCUT2D eigenvalue weighted by molar-refractivity contribution is 7.15. The molecule has 33 heavy (non-hydrogen) atoms. The van der Waals surface area contributed by atoms with Gasteiger partial charge in [0.1, 0.15) is 5.82 Å². The van der Waals surface area contributed by atoms with Gasteiger partial charge < -0.3 is 14.5 Å². The van der Waals surface area contributed by atoms with E-state index in [2.05, 4.69) is 27.0 Å². The van der Waals surface area contributed by atoms with Gasteiger partial charge in [0.15, 0.2) is 11.5 Å². The second-order valence-electron chi connectivity index (χ2n) is 7.88. The van der Waals surface area contributed by atoms with Gasteiger partial charge in [-0.2, -0.15) is 0 Å². The van der Waals surface area contributed by atoms with E-state index >= 15 is 0 Å². The zero-order valence-corrected chi connectivity index (χ0v) is 19.3. The van der Waals surface area contributed by atoms with Gasteiger partial charge in [-0.1, -0.05) is 0 Å². The van der Waals surface area contributed by atoms with Crippen LogP contribution in [0, 0.1) is 0 Å². The maximum atomic E-state index is 12.8. The van der Waals surface area contributed by atoms with E-state index in [0.717, 1.165) is 53.4 Å². The first-order chi connectivity index (χ1) is 16.1. The van der Waals surface area contributed by atoms with Crippen LogP contribution < -0.4 is 15.0 Å². The van der Waals surface area contributed by atoms with Crippen LogP contribution in [0.2, 0.25) is 0 Å². The first kappa shape index (κ1) is 21.4. The van der Waals surface area contributed by atoms with Crippen molar-refractivity contribution in [1.82, 2.24) is 19.9 Å². The third-order valence-electron chi connectivity index (χ3n) is 5.79. The number of nitrogens with zero attached hydrogens (tertiary/aromatic N) is 3. The molecule has 0 unspecified atom stereocenters. The molecule has 8 heteroatoms. The number of benzene rings is 1. The van der Waals surface area contributed by atoms with E-state index in [9.17, 15) is 4.79 Å². The number of ether oxygens (including phenoxy) is 2. The number of hydrogen-bond acceptors (Lipinski definition) is 7. The number of rotatable bonds is 6. The number of hydrogen-bond donors (Lipinski definition) is 1. The Balaban J connectivity index is 1.32. The molecular weight excluding hydrogens is 436 g/mol. The van der Waals surface area contributed by atoms with E-state index in [1.54, 1.807) is 38.0 Å². The molecule has 1 aromatic carbocycles. The lowest BCUT2D eigenvalue weighted by Gasteiger charge is -2.27. The van der Waals surface area contributed by atoms with E-state index < -0.39 is 0 Å². The van der Waals surface area contributed by atoms with Crippen LogP contribution in [0.25, 0.3) is 21.8 Å². The van der Waals surface area contributed by atoms with Gasteiger partial charge in [-0.15, -0.1) is 11.3 Å². The summed E-state index contributed by atoms with van der Waals surface area (Å²) < 4.78 is 10.8. The topological polar surface area (TPSA) is 80.3 Å². The first-order valence-corrected chi connectivity index (χ1v) is 11.5. The van der Waals surface area contributed by atoms with E-state index in [-0.39, 0.29) is 5.56 Å². The molecule has 0 aliphatic carbocycles. The Bertz CT molecular complexity index is 1330. The van der Waals surface area contributed by atoms with Gasteiger partial charge in [-0.3, -0.25) is 14.7 Å². The quantitative estimate of drug-likeness (QED) is 0.466. The number of methoxy groups -OCH3 is 2. The Morgan fingerprint density at radius 1 is 1.09 bits per heavy atom. The van der Waals surface area contributed by atoms with Gasteiger partial charge >= 0.3 is 0 Å². The van der Waals surface area contributed by atoms with Crippen molar-refractivity contribution in [3.8, 4) is 33.3 Å². The van der Waals surface area contributed by atoms with Crippen molar-refractivity contribution < 1.29 is 9.47 Å². The van der Waals surface area contributed by atoms with Crippen LogP contribution in [0.5, 0.6) is 11.5 Å². The lowest BCUT2D eigenvalue weighted by molar-refractivity contribution is 0.244. The smallest absolute Gasteiger partial charge is 0.255 e. The monoisotopic (exact) mass is 460 g/mol. The minimum Gasteiger partial charge on any atom is -0.493 e. The summed E-state index contributed by atoms with van der Waals surface area (Å²) in [5.41, 5.74) is 3.48. The average molecular weight is 461 g/mol. The fraction of sp³-hybridized carbons (Fsp3) is 0.240. The molecule has 0 fully saturated rings. The van der Waals surface area contributed by atoms with Gasteiger partial charge in [-0.05, 0) is 48.0 Å². The van der Waals surface area contributed by atoms with Gasteiger partial charge in [0, 0.05) is 53.8 Å². The van der Waals surface area contributed by atoms with Gasteiger partial charge in [-0.25, -0.2) is 4.98 Å². The molecule has 3 aromatic heterocycles. The van der Waals surface area contributed by atoms with Crippen LogP contribution in [0.1, 0.15) is 16.1 Å². The molecule has 0 atom stereocenters. The fourth-order valence-corrected chi connectivity index (χ4v) is 5.13. The highest BCUT2D eigenvalue weighted by atomic mass is 32.1. The lowest BCUT2D eigenvalue weighted by atomic mass is 10.1. The molecule has 1 N–H and O–H groups in total. The molecule has 0 bridgehead atoms. The van der Waals surface area contributed by atoms with E-state index in [4.69, 9.17) is 14.5 Å². The summed E-state index contributed by atoms with van der Waals surface area (Å²) in [7, 11) is 3.28. The molecule has 4 aromatic rings. The first-order valence-electron chi connectivity index (χ1n) is 10.7. The molecule has 0 saturated carbocycles. The van der Waals surface area contributed by atoms with Crippen molar-refractivity contribution >= 4 is 11.3 Å². The molecular formula is C25H24N4O3S. The minimum atomic E-state index is -0.0688. The van der Waals surface area contributed by atoms with E-state index in [0.29, 0.717) is 12.4 Å². The SMILES string of the molecule is COc1ccc(-c2ccc(CN3CCc4nc(-c5cccnc5)[nH]c(=O)c4C3)s2)cc1OC. The molecule has 4 heterocycles. The maximum absolute atomic E-state index is 12.8. The van der Waals surface area contributed by atoms with Crippen LogP contribution in [0.15, 0.2) is 59.7 Å². The van der Waals surface area contributed by atoms with Crippen molar-refractivity contribution in [2.75, 3.05) is 20.8 Å².